The van der Waals surface area contributed by atoms with Crippen LogP contribution in [0.2, 0.25) is 0 Å². The average molecular weight is 341 g/mol. The van der Waals surface area contributed by atoms with Gasteiger partial charge in [0.25, 0.3) is 5.00 Å². The van der Waals surface area contributed by atoms with Gasteiger partial charge in [0.15, 0.2) is 0 Å². The van der Waals surface area contributed by atoms with E-state index in [1.807, 2.05) is 30.3 Å². The summed E-state index contributed by atoms with van der Waals surface area (Å²) in [6.45, 7) is 5.39. The van der Waals surface area contributed by atoms with E-state index in [-0.39, 0.29) is 6.03 Å². The molecule has 1 N–H and O–H groups in total. The second-order valence-electron chi connectivity index (χ2n) is 6.12. The fourth-order valence-electron chi connectivity index (χ4n) is 1.43. The molecule has 0 aliphatic carbocycles. The van der Waals surface area contributed by atoms with E-state index in [2.05, 4.69) is 20.5 Å². The highest BCUT2D eigenvalue weighted by Crippen LogP contribution is 2.41. The van der Waals surface area contributed by atoms with Crippen molar-refractivity contribution in [3.63, 3.8) is 0 Å². The second-order valence-corrected chi connectivity index (χ2v) is 6.67. The first kappa shape index (κ1) is 18.9. The number of rotatable bonds is 1. The zero-order valence-corrected chi connectivity index (χ0v) is 14.6. The van der Waals surface area contributed by atoms with Crippen LogP contribution in [0.15, 0.2) is 40.7 Å². The van der Waals surface area contributed by atoms with Gasteiger partial charge in [0, 0.05) is 30.5 Å². The van der Waals surface area contributed by atoms with Gasteiger partial charge in [0.05, 0.1) is 0 Å². The standard InChI is InChI=1S/C9H12N2O.C6H9ClN2O2/c1-11(2)9(12)10-8-6-4-3-5-7-8;1-5(2,3)6(7)4(10)11-9-8-6/h3-7H,1-2H3,(H,10,12);1-3H3. The van der Waals surface area contributed by atoms with Gasteiger partial charge < -0.3 is 10.2 Å². The van der Waals surface area contributed by atoms with Crippen molar-refractivity contribution in [1.29, 1.82) is 0 Å². The van der Waals surface area contributed by atoms with E-state index in [4.69, 9.17) is 11.6 Å². The van der Waals surface area contributed by atoms with Crippen molar-refractivity contribution in [2.75, 3.05) is 19.4 Å². The number of halogens is 1. The predicted molar refractivity (Wildman–Crippen MR) is 88.1 cm³/mol. The Morgan fingerprint density at radius 1 is 1.26 bits per heavy atom. The normalized spacial score (nSPS) is 19.5. The number of hydrogen-bond acceptors (Lipinski definition) is 5. The Morgan fingerprint density at radius 2 is 1.83 bits per heavy atom. The molecular weight excluding hydrogens is 320 g/mol. The molecule has 0 bridgehead atoms. The summed E-state index contributed by atoms with van der Waals surface area (Å²) in [6, 6.07) is 9.26. The maximum absolute atomic E-state index is 11.1. The summed E-state index contributed by atoms with van der Waals surface area (Å²) in [4.78, 5) is 26.6. The summed E-state index contributed by atoms with van der Waals surface area (Å²) in [5.41, 5.74) is 0.335. The van der Waals surface area contributed by atoms with Crippen LogP contribution in [0, 0.1) is 5.41 Å². The third-order valence-electron chi connectivity index (χ3n) is 3.00. The van der Waals surface area contributed by atoms with Crippen LogP contribution < -0.4 is 5.32 Å². The number of urea groups is 1. The maximum atomic E-state index is 11.1. The first-order chi connectivity index (χ1) is 10.6. The number of nitrogens with one attached hydrogen (secondary N) is 1. The van der Waals surface area contributed by atoms with Gasteiger partial charge in [0.2, 0.25) is 0 Å². The van der Waals surface area contributed by atoms with Gasteiger partial charge in [0.1, 0.15) is 0 Å². The lowest BCUT2D eigenvalue weighted by Crippen LogP contribution is -2.40. The largest absolute Gasteiger partial charge is 0.381 e. The third-order valence-corrected chi connectivity index (χ3v) is 3.79. The lowest BCUT2D eigenvalue weighted by atomic mass is 9.87. The number of para-hydroxylation sites is 1. The van der Waals surface area contributed by atoms with E-state index < -0.39 is 16.4 Å². The van der Waals surface area contributed by atoms with Gasteiger partial charge in [-0.05, 0) is 12.1 Å². The van der Waals surface area contributed by atoms with E-state index in [9.17, 15) is 9.59 Å². The van der Waals surface area contributed by atoms with Crippen molar-refractivity contribution < 1.29 is 14.4 Å². The Bertz CT molecular complexity index is 584. The molecule has 2 amide bonds. The highest BCUT2D eigenvalue weighted by Gasteiger charge is 2.53. The van der Waals surface area contributed by atoms with Crippen molar-refractivity contribution in [1.82, 2.24) is 4.90 Å². The van der Waals surface area contributed by atoms with Gasteiger partial charge >= 0.3 is 12.0 Å². The molecule has 1 aromatic rings. The van der Waals surface area contributed by atoms with Crippen LogP contribution in [0.25, 0.3) is 0 Å². The minimum Gasteiger partial charge on any atom is -0.331 e. The molecule has 23 heavy (non-hydrogen) atoms. The van der Waals surface area contributed by atoms with Crippen molar-refractivity contribution in [2.24, 2.45) is 15.8 Å². The monoisotopic (exact) mass is 340 g/mol. The Labute approximate surface area is 140 Å². The number of anilines is 1. The van der Waals surface area contributed by atoms with Crippen molar-refractivity contribution in [2.45, 2.75) is 25.8 Å². The molecule has 8 heteroatoms. The summed E-state index contributed by atoms with van der Waals surface area (Å²) in [6.07, 6.45) is 0. The van der Waals surface area contributed by atoms with Crippen molar-refractivity contribution in [3.05, 3.63) is 30.3 Å². The van der Waals surface area contributed by atoms with Crippen molar-refractivity contribution >= 4 is 29.3 Å². The Kier molecular flexibility index (Phi) is 6.09. The van der Waals surface area contributed by atoms with Crippen LogP contribution in [0.4, 0.5) is 10.5 Å². The molecule has 7 nitrogen and oxygen atoms in total. The molecule has 0 radical (unpaired) electrons. The molecule has 0 saturated heterocycles. The second kappa shape index (κ2) is 7.41. The lowest BCUT2D eigenvalue weighted by Gasteiger charge is -2.27. The first-order valence-electron chi connectivity index (χ1n) is 6.94. The number of nitrogens with zero attached hydrogens (tertiary/aromatic N) is 3. The summed E-state index contributed by atoms with van der Waals surface area (Å²) in [5, 5.41) is 9.39. The van der Waals surface area contributed by atoms with Crippen LogP contribution in [0.5, 0.6) is 0 Å². The summed E-state index contributed by atoms with van der Waals surface area (Å²) < 4.78 is 0. The van der Waals surface area contributed by atoms with E-state index >= 15 is 0 Å². The molecule has 1 heterocycles. The highest BCUT2D eigenvalue weighted by molar-refractivity contribution is 6.34. The Balaban J connectivity index is 0.000000231. The molecule has 1 aliphatic heterocycles. The van der Waals surface area contributed by atoms with E-state index in [1.54, 1.807) is 34.9 Å². The Morgan fingerprint density at radius 3 is 2.17 bits per heavy atom. The summed E-state index contributed by atoms with van der Waals surface area (Å²) >= 11 is 5.86. The molecule has 1 atom stereocenters. The van der Waals surface area contributed by atoms with Gasteiger partial charge in [-0.3, -0.25) is 4.84 Å². The molecule has 0 saturated carbocycles. The first-order valence-corrected chi connectivity index (χ1v) is 7.31. The summed E-state index contributed by atoms with van der Waals surface area (Å²) in [5.74, 6) is -0.605. The van der Waals surface area contributed by atoms with Crippen LogP contribution in [0.1, 0.15) is 20.8 Å². The fraction of sp³-hybridized carbons (Fsp3) is 0.467. The van der Waals surface area contributed by atoms with Gasteiger partial charge in [-0.15, -0.1) is 5.11 Å². The minimum absolute atomic E-state index is 0.110. The molecule has 2 rings (SSSR count). The highest BCUT2D eigenvalue weighted by atomic mass is 35.5. The molecule has 1 aromatic carbocycles. The minimum atomic E-state index is -1.34. The molecule has 126 valence electrons. The lowest BCUT2D eigenvalue weighted by molar-refractivity contribution is -0.144. The summed E-state index contributed by atoms with van der Waals surface area (Å²) in [7, 11) is 3.41. The topological polar surface area (TPSA) is 83.4 Å². The van der Waals surface area contributed by atoms with Crippen LogP contribution in [0.3, 0.4) is 0 Å². The number of carbonyl (C=O) groups excluding carboxylic acids is 2. The molecule has 0 fully saturated rings. The average Bonchev–Trinajstić information content (AvgIpc) is 2.81. The smallest absolute Gasteiger partial charge is 0.331 e. The van der Waals surface area contributed by atoms with Crippen LogP contribution in [-0.2, 0) is 9.63 Å². The number of carbonyl (C=O) groups is 2. The van der Waals surface area contributed by atoms with Gasteiger partial charge in [-0.1, -0.05) is 50.6 Å². The number of amides is 2. The van der Waals surface area contributed by atoms with E-state index in [0.717, 1.165) is 5.69 Å². The van der Waals surface area contributed by atoms with Gasteiger partial charge in [-0.25, -0.2) is 9.59 Å². The van der Waals surface area contributed by atoms with Crippen LogP contribution in [-0.4, -0.2) is 36.0 Å². The zero-order valence-electron chi connectivity index (χ0n) is 13.8. The molecule has 0 aromatic heterocycles. The SMILES string of the molecule is CC(C)(C)C1(Cl)N=NOC1=O.CN(C)C(=O)Nc1ccccc1. The molecule has 0 spiro atoms. The maximum Gasteiger partial charge on any atom is 0.381 e. The fourth-order valence-corrected chi connectivity index (χ4v) is 1.49. The van der Waals surface area contributed by atoms with E-state index in [0.29, 0.717) is 0 Å². The predicted octanol–water partition coefficient (Wildman–Crippen LogP) is 3.67. The van der Waals surface area contributed by atoms with Crippen LogP contribution >= 0.6 is 11.6 Å². The Hall–Kier alpha value is -2.15. The number of alkyl halides is 1. The number of hydrogen-bond donors (Lipinski definition) is 1. The number of benzene rings is 1. The third kappa shape index (κ3) is 4.92. The quantitative estimate of drug-likeness (QED) is 0.625. The zero-order chi connectivity index (χ0) is 17.7. The molecule has 1 unspecified atom stereocenters. The van der Waals surface area contributed by atoms with Gasteiger partial charge in [-0.2, -0.15) is 0 Å². The van der Waals surface area contributed by atoms with E-state index in [1.165, 1.54) is 4.90 Å². The van der Waals surface area contributed by atoms with Crippen molar-refractivity contribution in [3.8, 4) is 0 Å². The molecule has 1 aliphatic rings. The molecular formula is C15H21ClN4O3.